The van der Waals surface area contributed by atoms with Crippen molar-refractivity contribution >= 4 is 17.8 Å². The van der Waals surface area contributed by atoms with Gasteiger partial charge in [0, 0.05) is 26.4 Å². The third-order valence-corrected chi connectivity index (χ3v) is 0.326. The van der Waals surface area contributed by atoms with Gasteiger partial charge >= 0.3 is 5.97 Å². The summed E-state index contributed by atoms with van der Waals surface area (Å²) in [6.07, 6.45) is 0. The van der Waals surface area contributed by atoms with Gasteiger partial charge < -0.3 is 4.29 Å². The van der Waals surface area contributed by atoms with E-state index in [1.54, 1.807) is 0 Å². The van der Waals surface area contributed by atoms with Crippen molar-refractivity contribution in [1.82, 2.24) is 0 Å². The molecule has 0 spiro atoms. The summed E-state index contributed by atoms with van der Waals surface area (Å²) < 4.78 is 3.58. The molecule has 0 aliphatic heterocycles. The minimum atomic E-state index is -0.480. The van der Waals surface area contributed by atoms with Gasteiger partial charge in [0.1, 0.15) is 11.9 Å². The second kappa shape index (κ2) is 5.38. The van der Waals surface area contributed by atoms with Gasteiger partial charge in [-0.1, -0.05) is 0 Å². The van der Waals surface area contributed by atoms with Gasteiger partial charge in [-0.2, -0.15) is 0 Å². The standard InChI is InChI=1S/C2H3ClO2.Ru/c1-2(4)5-3;/h1H3;. The van der Waals surface area contributed by atoms with Crippen molar-refractivity contribution < 1.29 is 28.6 Å². The maximum atomic E-state index is 9.46. The number of carbonyl (C=O) groups excluding carboxylic acids is 1. The van der Waals surface area contributed by atoms with Crippen LogP contribution in [0.25, 0.3) is 0 Å². The molecule has 0 aliphatic rings. The Morgan fingerprint density at radius 3 is 2.00 bits per heavy atom. The van der Waals surface area contributed by atoms with E-state index >= 15 is 0 Å². The Kier molecular flexibility index (Phi) is 8.64. The fourth-order valence-electron chi connectivity index (χ4n) is 0. The predicted molar refractivity (Wildman–Crippen MR) is 17.6 cm³/mol. The molecule has 0 radical (unpaired) electrons. The summed E-state index contributed by atoms with van der Waals surface area (Å²) in [5.41, 5.74) is 0. The number of hydrogen-bond acceptors (Lipinski definition) is 2. The summed E-state index contributed by atoms with van der Waals surface area (Å²) in [7, 11) is 0. The van der Waals surface area contributed by atoms with E-state index in [0.717, 1.165) is 0 Å². The first-order valence-electron chi connectivity index (χ1n) is 1.06. The van der Waals surface area contributed by atoms with Crippen LogP contribution in [-0.2, 0) is 28.6 Å². The Morgan fingerprint density at radius 1 is 1.83 bits per heavy atom. The Morgan fingerprint density at radius 2 is 2.00 bits per heavy atom. The quantitative estimate of drug-likeness (QED) is 0.532. The number of carbonyl (C=O) groups is 1. The molecule has 0 fully saturated rings. The molecule has 6 heavy (non-hydrogen) atoms. The smallest absolute Gasteiger partial charge is 0.321 e. The van der Waals surface area contributed by atoms with Crippen LogP contribution in [0.2, 0.25) is 0 Å². The molecule has 4 heteroatoms. The molecule has 0 saturated carbocycles. The molecule has 0 heterocycles. The average Bonchev–Trinajstić information content (AvgIpc) is 1.38. The van der Waals surface area contributed by atoms with E-state index in [-0.39, 0.29) is 19.5 Å². The van der Waals surface area contributed by atoms with Crippen molar-refractivity contribution in [1.29, 1.82) is 0 Å². The zero-order valence-corrected chi connectivity index (χ0v) is 5.54. The monoisotopic (exact) mass is 196 g/mol. The van der Waals surface area contributed by atoms with Gasteiger partial charge in [-0.05, 0) is 0 Å². The van der Waals surface area contributed by atoms with Crippen LogP contribution in [0.1, 0.15) is 6.92 Å². The second-order valence-electron chi connectivity index (χ2n) is 0.569. The average molecular weight is 196 g/mol. The van der Waals surface area contributed by atoms with Crippen molar-refractivity contribution in [3.8, 4) is 0 Å². The fourth-order valence-corrected chi connectivity index (χ4v) is 0. The molecular weight excluding hydrogens is 193 g/mol. The molecular formula is C2H3ClO2Ru. The first-order chi connectivity index (χ1) is 2.27. The first-order valence-corrected chi connectivity index (χ1v) is 1.37. The van der Waals surface area contributed by atoms with Crippen LogP contribution in [0.3, 0.4) is 0 Å². The maximum Gasteiger partial charge on any atom is 0.321 e. The van der Waals surface area contributed by atoms with Crippen LogP contribution in [0.15, 0.2) is 0 Å². The molecule has 0 bridgehead atoms. The summed E-state index contributed by atoms with van der Waals surface area (Å²) >= 11 is 4.49. The molecule has 0 unspecified atom stereocenters. The van der Waals surface area contributed by atoms with Crippen molar-refractivity contribution in [2.75, 3.05) is 0 Å². The summed E-state index contributed by atoms with van der Waals surface area (Å²) in [6, 6.07) is 0. The van der Waals surface area contributed by atoms with Gasteiger partial charge in [0.15, 0.2) is 0 Å². The Hall–Kier alpha value is 0.383. The molecule has 0 atom stereocenters. The van der Waals surface area contributed by atoms with Crippen LogP contribution in [0.4, 0.5) is 0 Å². The molecule has 2 nitrogen and oxygen atoms in total. The largest absolute Gasteiger partial charge is 0.348 e. The number of rotatable bonds is 0. The van der Waals surface area contributed by atoms with E-state index in [4.69, 9.17) is 0 Å². The molecule has 38 valence electrons. The van der Waals surface area contributed by atoms with Crippen LogP contribution in [0, 0.1) is 0 Å². The number of halogens is 1. The van der Waals surface area contributed by atoms with Crippen molar-refractivity contribution in [3.05, 3.63) is 0 Å². The maximum absolute atomic E-state index is 9.46. The van der Waals surface area contributed by atoms with Crippen molar-refractivity contribution in [2.45, 2.75) is 6.92 Å². The van der Waals surface area contributed by atoms with E-state index in [1.807, 2.05) is 0 Å². The molecule has 0 aromatic rings. The summed E-state index contributed by atoms with van der Waals surface area (Å²) in [4.78, 5) is 9.46. The van der Waals surface area contributed by atoms with Crippen LogP contribution in [-0.4, -0.2) is 5.97 Å². The van der Waals surface area contributed by atoms with Gasteiger partial charge in [0.05, 0.1) is 0 Å². The van der Waals surface area contributed by atoms with Crippen LogP contribution < -0.4 is 0 Å². The Bertz CT molecular complexity index is 46.8. The van der Waals surface area contributed by atoms with Gasteiger partial charge in [-0.3, -0.25) is 4.79 Å². The normalized spacial score (nSPS) is 5.67. The SMILES string of the molecule is CC(=O)OCl.[Ru]. The predicted octanol–water partition coefficient (Wildman–Crippen LogP) is 0.701. The molecule has 0 amide bonds. The molecule has 0 aromatic carbocycles. The summed E-state index contributed by atoms with van der Waals surface area (Å²) in [5.74, 6) is -0.480. The minimum absolute atomic E-state index is 0. The molecule has 0 N–H and O–H groups in total. The zero-order valence-electron chi connectivity index (χ0n) is 3.05. The third-order valence-electron chi connectivity index (χ3n) is 0.109. The first kappa shape index (κ1) is 9.63. The zero-order chi connectivity index (χ0) is 4.28. The van der Waals surface area contributed by atoms with E-state index in [0.29, 0.717) is 0 Å². The van der Waals surface area contributed by atoms with Crippen molar-refractivity contribution in [3.63, 3.8) is 0 Å². The van der Waals surface area contributed by atoms with E-state index in [2.05, 4.69) is 16.2 Å². The van der Waals surface area contributed by atoms with E-state index in [1.165, 1.54) is 6.92 Å². The Labute approximate surface area is 53.7 Å². The summed E-state index contributed by atoms with van der Waals surface area (Å²) in [5, 5.41) is 0. The van der Waals surface area contributed by atoms with Crippen LogP contribution >= 0.6 is 11.9 Å². The van der Waals surface area contributed by atoms with Gasteiger partial charge in [-0.15, -0.1) is 0 Å². The molecule has 0 rings (SSSR count). The molecule has 0 saturated heterocycles. The van der Waals surface area contributed by atoms with Gasteiger partial charge in [0.2, 0.25) is 0 Å². The summed E-state index contributed by atoms with van der Waals surface area (Å²) in [6.45, 7) is 1.23. The number of hydrogen-bond donors (Lipinski definition) is 0. The fraction of sp³-hybridized carbons (Fsp3) is 0.500. The van der Waals surface area contributed by atoms with E-state index < -0.39 is 5.97 Å². The minimum Gasteiger partial charge on any atom is -0.348 e. The molecule has 0 aromatic heterocycles. The van der Waals surface area contributed by atoms with E-state index in [9.17, 15) is 4.79 Å². The van der Waals surface area contributed by atoms with Crippen molar-refractivity contribution in [2.24, 2.45) is 0 Å². The molecule has 0 aliphatic carbocycles. The van der Waals surface area contributed by atoms with Gasteiger partial charge in [0.25, 0.3) is 0 Å². The third kappa shape index (κ3) is 8.83. The van der Waals surface area contributed by atoms with Gasteiger partial charge in [-0.25, -0.2) is 0 Å². The van der Waals surface area contributed by atoms with Crippen LogP contribution in [0.5, 0.6) is 0 Å². The Balaban J connectivity index is 0. The topological polar surface area (TPSA) is 26.3 Å². The second-order valence-corrected chi connectivity index (χ2v) is 0.723.